The van der Waals surface area contributed by atoms with Crippen molar-refractivity contribution >= 4 is 0 Å². The molecule has 0 amide bonds. The zero-order valence-corrected chi connectivity index (χ0v) is 9.66. The van der Waals surface area contributed by atoms with Crippen molar-refractivity contribution in [1.29, 1.82) is 0 Å². The molecule has 0 radical (unpaired) electrons. The summed E-state index contributed by atoms with van der Waals surface area (Å²) in [6.45, 7) is 7.58. The fraction of sp³-hybridized carbons (Fsp3) is 0.538. The van der Waals surface area contributed by atoms with Crippen molar-refractivity contribution in [3.63, 3.8) is 0 Å². The first-order valence-electron chi connectivity index (χ1n) is 5.69. The lowest BCUT2D eigenvalue weighted by Crippen LogP contribution is -2.26. The number of nitrogens with two attached hydrogens (primary N) is 1. The van der Waals surface area contributed by atoms with Gasteiger partial charge < -0.3 is 5.73 Å². The number of hydrogen-bond donors (Lipinski definition) is 1. The Hall–Kier alpha value is -0.860. The molecule has 1 fully saturated rings. The molecule has 1 aliphatic rings. The van der Waals surface area contributed by atoms with Crippen molar-refractivity contribution in [2.45, 2.75) is 32.9 Å². The van der Waals surface area contributed by atoms with Crippen LogP contribution < -0.4 is 5.73 Å². The highest BCUT2D eigenvalue weighted by molar-refractivity contribution is 5.29. The van der Waals surface area contributed by atoms with E-state index in [-0.39, 0.29) is 0 Å². The number of benzene rings is 1. The Morgan fingerprint density at radius 1 is 1.33 bits per heavy atom. The summed E-state index contributed by atoms with van der Waals surface area (Å²) >= 11 is 0. The van der Waals surface area contributed by atoms with Crippen molar-refractivity contribution in [3.05, 3.63) is 34.9 Å². The van der Waals surface area contributed by atoms with E-state index in [2.05, 4.69) is 36.9 Å². The first-order chi connectivity index (χ1) is 7.15. The minimum absolute atomic E-state index is 0.386. The summed E-state index contributed by atoms with van der Waals surface area (Å²) in [7, 11) is 0. The number of likely N-dealkylation sites (tertiary alicyclic amines) is 1. The maximum Gasteiger partial charge on any atom is 0.0234 e. The molecule has 0 unspecified atom stereocenters. The second-order valence-corrected chi connectivity index (χ2v) is 4.70. The van der Waals surface area contributed by atoms with Crippen LogP contribution in [0.4, 0.5) is 0 Å². The third-order valence-electron chi connectivity index (χ3n) is 3.29. The van der Waals surface area contributed by atoms with E-state index in [1.807, 2.05) is 0 Å². The number of hydrogen-bond acceptors (Lipinski definition) is 2. The van der Waals surface area contributed by atoms with E-state index in [1.165, 1.54) is 16.7 Å². The highest BCUT2D eigenvalue weighted by Crippen LogP contribution is 2.15. The van der Waals surface area contributed by atoms with E-state index in [0.29, 0.717) is 6.04 Å². The van der Waals surface area contributed by atoms with Gasteiger partial charge in [-0.05, 0) is 37.0 Å². The normalized spacial score (nSPS) is 22.2. The Kier molecular flexibility index (Phi) is 3.08. The van der Waals surface area contributed by atoms with Gasteiger partial charge in [-0.1, -0.05) is 18.2 Å². The quantitative estimate of drug-likeness (QED) is 0.796. The first-order valence-corrected chi connectivity index (χ1v) is 5.69. The summed E-state index contributed by atoms with van der Waals surface area (Å²) in [5.74, 6) is 0. The van der Waals surface area contributed by atoms with E-state index < -0.39 is 0 Å². The smallest absolute Gasteiger partial charge is 0.0234 e. The summed E-state index contributed by atoms with van der Waals surface area (Å²) in [6.07, 6.45) is 1.14. The highest BCUT2D eigenvalue weighted by atomic mass is 15.2. The maximum absolute atomic E-state index is 5.89. The molecular formula is C13H20N2. The first kappa shape index (κ1) is 10.7. The molecule has 2 heteroatoms. The van der Waals surface area contributed by atoms with E-state index >= 15 is 0 Å². The van der Waals surface area contributed by atoms with Crippen LogP contribution in [0.5, 0.6) is 0 Å². The standard InChI is InChI=1S/C13H20N2/c1-10-3-4-12(7-11(10)2)8-15-6-5-13(14)9-15/h3-4,7,13H,5-6,8-9,14H2,1-2H3/t13-/m0/s1. The van der Waals surface area contributed by atoms with Crippen LogP contribution in [0.1, 0.15) is 23.1 Å². The zero-order valence-electron chi connectivity index (χ0n) is 9.66. The fourth-order valence-corrected chi connectivity index (χ4v) is 2.17. The molecule has 1 aromatic carbocycles. The number of rotatable bonds is 2. The van der Waals surface area contributed by atoms with Crippen LogP contribution in [-0.2, 0) is 6.54 Å². The molecule has 1 heterocycles. The van der Waals surface area contributed by atoms with Gasteiger partial charge in [0, 0.05) is 25.7 Å². The van der Waals surface area contributed by atoms with Crippen LogP contribution in [0.3, 0.4) is 0 Å². The van der Waals surface area contributed by atoms with Crippen LogP contribution in [0.2, 0.25) is 0 Å². The predicted octanol–water partition coefficient (Wildman–Crippen LogP) is 1.84. The Labute approximate surface area is 92.1 Å². The molecule has 1 atom stereocenters. The molecule has 0 spiro atoms. The van der Waals surface area contributed by atoms with Crippen molar-refractivity contribution < 1.29 is 0 Å². The molecule has 0 saturated carbocycles. The Bertz CT molecular complexity index is 346. The minimum Gasteiger partial charge on any atom is -0.326 e. The van der Waals surface area contributed by atoms with E-state index in [4.69, 9.17) is 5.73 Å². The van der Waals surface area contributed by atoms with E-state index in [9.17, 15) is 0 Å². The average Bonchev–Trinajstić information content (AvgIpc) is 2.58. The average molecular weight is 204 g/mol. The number of aryl methyl sites for hydroxylation is 2. The highest BCUT2D eigenvalue weighted by Gasteiger charge is 2.18. The van der Waals surface area contributed by atoms with Gasteiger partial charge in [0.05, 0.1) is 0 Å². The molecule has 2 nitrogen and oxygen atoms in total. The molecule has 2 rings (SSSR count). The van der Waals surface area contributed by atoms with Gasteiger partial charge >= 0.3 is 0 Å². The van der Waals surface area contributed by atoms with Crippen molar-refractivity contribution in [3.8, 4) is 0 Å². The zero-order chi connectivity index (χ0) is 10.8. The molecule has 82 valence electrons. The maximum atomic E-state index is 5.89. The molecular weight excluding hydrogens is 184 g/mol. The Morgan fingerprint density at radius 2 is 2.13 bits per heavy atom. The molecule has 1 aliphatic heterocycles. The van der Waals surface area contributed by atoms with E-state index in [0.717, 1.165) is 26.1 Å². The lowest BCUT2D eigenvalue weighted by molar-refractivity contribution is 0.327. The topological polar surface area (TPSA) is 29.3 Å². The SMILES string of the molecule is Cc1ccc(CN2CC[C@H](N)C2)cc1C. The minimum atomic E-state index is 0.386. The van der Waals surface area contributed by atoms with Gasteiger partial charge in [0.25, 0.3) is 0 Å². The summed E-state index contributed by atoms with van der Waals surface area (Å²) in [5.41, 5.74) is 10.1. The Morgan fingerprint density at radius 3 is 2.73 bits per heavy atom. The van der Waals surface area contributed by atoms with Gasteiger partial charge in [-0.2, -0.15) is 0 Å². The van der Waals surface area contributed by atoms with Gasteiger partial charge in [0.15, 0.2) is 0 Å². The lowest BCUT2D eigenvalue weighted by Gasteiger charge is -2.15. The second-order valence-electron chi connectivity index (χ2n) is 4.70. The molecule has 0 aromatic heterocycles. The largest absolute Gasteiger partial charge is 0.326 e. The molecule has 1 aromatic rings. The molecule has 15 heavy (non-hydrogen) atoms. The van der Waals surface area contributed by atoms with Gasteiger partial charge in [0.1, 0.15) is 0 Å². The molecule has 0 bridgehead atoms. The second kappa shape index (κ2) is 4.33. The van der Waals surface area contributed by atoms with Crippen LogP contribution in [0, 0.1) is 13.8 Å². The molecule has 0 aliphatic carbocycles. The van der Waals surface area contributed by atoms with Crippen LogP contribution >= 0.6 is 0 Å². The van der Waals surface area contributed by atoms with Crippen LogP contribution in [0.15, 0.2) is 18.2 Å². The van der Waals surface area contributed by atoms with Gasteiger partial charge in [-0.15, -0.1) is 0 Å². The molecule has 2 N–H and O–H groups in total. The van der Waals surface area contributed by atoms with Gasteiger partial charge in [-0.3, -0.25) is 4.90 Å². The van der Waals surface area contributed by atoms with E-state index in [1.54, 1.807) is 0 Å². The fourth-order valence-electron chi connectivity index (χ4n) is 2.17. The lowest BCUT2D eigenvalue weighted by atomic mass is 10.1. The predicted molar refractivity (Wildman–Crippen MR) is 63.8 cm³/mol. The van der Waals surface area contributed by atoms with Gasteiger partial charge in [-0.25, -0.2) is 0 Å². The summed E-state index contributed by atoms with van der Waals surface area (Å²) < 4.78 is 0. The molecule has 1 saturated heterocycles. The van der Waals surface area contributed by atoms with Gasteiger partial charge in [0.2, 0.25) is 0 Å². The summed E-state index contributed by atoms with van der Waals surface area (Å²) in [5, 5.41) is 0. The van der Waals surface area contributed by atoms with Crippen LogP contribution in [-0.4, -0.2) is 24.0 Å². The summed E-state index contributed by atoms with van der Waals surface area (Å²) in [6, 6.07) is 7.11. The van der Waals surface area contributed by atoms with Crippen molar-refractivity contribution in [1.82, 2.24) is 4.90 Å². The van der Waals surface area contributed by atoms with Crippen molar-refractivity contribution in [2.24, 2.45) is 5.73 Å². The Balaban J connectivity index is 2.02. The third-order valence-corrected chi connectivity index (χ3v) is 3.29. The van der Waals surface area contributed by atoms with Crippen molar-refractivity contribution in [2.75, 3.05) is 13.1 Å². The summed E-state index contributed by atoms with van der Waals surface area (Å²) in [4.78, 5) is 2.44. The number of nitrogens with zero attached hydrogens (tertiary/aromatic N) is 1. The van der Waals surface area contributed by atoms with Crippen LogP contribution in [0.25, 0.3) is 0 Å². The monoisotopic (exact) mass is 204 g/mol. The third kappa shape index (κ3) is 2.58.